The highest BCUT2D eigenvalue weighted by Gasteiger charge is 2.30. The lowest BCUT2D eigenvalue weighted by Gasteiger charge is -2.32. The summed E-state index contributed by atoms with van der Waals surface area (Å²) in [5, 5.41) is 5.26. The molecule has 1 aliphatic heterocycles. The average molecular weight is 404 g/mol. The largest absolute Gasteiger partial charge is 0.335 e. The fourth-order valence-electron chi connectivity index (χ4n) is 2.44. The van der Waals surface area contributed by atoms with Crippen molar-refractivity contribution in [2.24, 2.45) is 0 Å². The molecule has 23 heavy (non-hydrogen) atoms. The topological polar surface area (TPSA) is 78.5 Å². The molecular weight excluding hydrogens is 382 g/mol. The molecule has 2 N–H and O–H groups in total. The molecule has 0 aromatic heterocycles. The molecule has 1 heterocycles. The van der Waals surface area contributed by atoms with E-state index in [1.165, 1.54) is 4.31 Å². The normalized spacial score (nSPS) is 17.2. The van der Waals surface area contributed by atoms with Crippen molar-refractivity contribution in [3.8, 4) is 0 Å². The SMILES string of the molecule is CC(C)S(=O)(=O)N1CCC(NC(=O)Nc2ccc(Br)cc2)CC1. The third kappa shape index (κ3) is 4.92. The minimum atomic E-state index is -3.20. The van der Waals surface area contributed by atoms with Crippen LogP contribution in [0.3, 0.4) is 0 Å². The highest BCUT2D eigenvalue weighted by atomic mass is 79.9. The van der Waals surface area contributed by atoms with E-state index >= 15 is 0 Å². The number of hydrogen-bond donors (Lipinski definition) is 2. The second-order valence-electron chi connectivity index (χ2n) is 5.87. The standard InChI is InChI=1S/C15H22BrN3O3S/c1-11(2)23(21,22)19-9-7-14(8-10-19)18-15(20)17-13-5-3-12(16)4-6-13/h3-6,11,14H,7-10H2,1-2H3,(H2,17,18,20). The van der Waals surface area contributed by atoms with Gasteiger partial charge in [0.05, 0.1) is 5.25 Å². The number of rotatable bonds is 4. The first kappa shape index (κ1) is 18.2. The summed E-state index contributed by atoms with van der Waals surface area (Å²) in [5.74, 6) is 0. The Morgan fingerprint density at radius 3 is 2.30 bits per heavy atom. The molecule has 6 nitrogen and oxygen atoms in total. The van der Waals surface area contributed by atoms with Crippen LogP contribution in [-0.2, 0) is 10.0 Å². The summed E-state index contributed by atoms with van der Waals surface area (Å²) in [5.41, 5.74) is 0.713. The van der Waals surface area contributed by atoms with Crippen molar-refractivity contribution >= 4 is 37.7 Å². The maximum atomic E-state index is 12.1. The van der Waals surface area contributed by atoms with Crippen molar-refractivity contribution in [3.05, 3.63) is 28.7 Å². The number of carbonyl (C=O) groups excluding carboxylic acids is 1. The van der Waals surface area contributed by atoms with Gasteiger partial charge in [0.2, 0.25) is 10.0 Å². The molecule has 0 radical (unpaired) electrons. The van der Waals surface area contributed by atoms with Gasteiger partial charge in [-0.15, -0.1) is 0 Å². The van der Waals surface area contributed by atoms with Gasteiger partial charge in [-0.3, -0.25) is 0 Å². The predicted octanol–water partition coefficient (Wildman–Crippen LogP) is 2.77. The van der Waals surface area contributed by atoms with E-state index in [4.69, 9.17) is 0 Å². The number of nitrogens with zero attached hydrogens (tertiary/aromatic N) is 1. The molecule has 1 aromatic rings. The Hall–Kier alpha value is -1.12. The Labute approximate surface area is 145 Å². The zero-order chi connectivity index (χ0) is 17.0. The van der Waals surface area contributed by atoms with E-state index in [0.717, 1.165) is 4.47 Å². The molecule has 128 valence electrons. The lowest BCUT2D eigenvalue weighted by molar-refractivity contribution is 0.238. The molecule has 0 aliphatic carbocycles. The fraction of sp³-hybridized carbons (Fsp3) is 0.533. The van der Waals surface area contributed by atoms with Crippen LogP contribution >= 0.6 is 15.9 Å². The van der Waals surface area contributed by atoms with Gasteiger partial charge in [0.15, 0.2) is 0 Å². The number of urea groups is 1. The first-order valence-electron chi connectivity index (χ1n) is 7.61. The number of benzene rings is 1. The zero-order valence-electron chi connectivity index (χ0n) is 13.3. The monoisotopic (exact) mass is 403 g/mol. The number of anilines is 1. The Balaban J connectivity index is 1.82. The second kappa shape index (κ2) is 7.63. The molecule has 1 fully saturated rings. The summed E-state index contributed by atoms with van der Waals surface area (Å²) in [6, 6.07) is 7.04. The van der Waals surface area contributed by atoms with Gasteiger partial charge >= 0.3 is 6.03 Å². The molecule has 2 rings (SSSR count). The highest BCUT2D eigenvalue weighted by Crippen LogP contribution is 2.18. The first-order chi connectivity index (χ1) is 10.8. The third-order valence-electron chi connectivity index (χ3n) is 3.85. The van der Waals surface area contributed by atoms with Gasteiger partial charge in [0.25, 0.3) is 0 Å². The van der Waals surface area contributed by atoms with E-state index in [1.807, 2.05) is 24.3 Å². The Morgan fingerprint density at radius 1 is 1.22 bits per heavy atom. The molecule has 0 spiro atoms. The lowest BCUT2D eigenvalue weighted by atomic mass is 10.1. The lowest BCUT2D eigenvalue weighted by Crippen LogP contribution is -2.48. The van der Waals surface area contributed by atoms with Crippen LogP contribution in [0.25, 0.3) is 0 Å². The number of halogens is 1. The van der Waals surface area contributed by atoms with Crippen LogP contribution in [-0.4, -0.2) is 43.1 Å². The quantitative estimate of drug-likeness (QED) is 0.810. The van der Waals surface area contributed by atoms with Gasteiger partial charge < -0.3 is 10.6 Å². The second-order valence-corrected chi connectivity index (χ2v) is 9.28. The van der Waals surface area contributed by atoms with E-state index < -0.39 is 15.3 Å². The number of piperidine rings is 1. The molecule has 1 aliphatic rings. The van der Waals surface area contributed by atoms with E-state index in [0.29, 0.717) is 31.6 Å². The number of amides is 2. The van der Waals surface area contributed by atoms with E-state index in [1.54, 1.807) is 13.8 Å². The van der Waals surface area contributed by atoms with Gasteiger partial charge in [0.1, 0.15) is 0 Å². The molecule has 0 atom stereocenters. The van der Waals surface area contributed by atoms with Crippen LogP contribution in [0.2, 0.25) is 0 Å². The molecule has 2 amide bonds. The molecule has 1 aromatic carbocycles. The number of hydrogen-bond acceptors (Lipinski definition) is 3. The predicted molar refractivity (Wildman–Crippen MR) is 94.9 cm³/mol. The number of carbonyl (C=O) groups is 1. The van der Waals surface area contributed by atoms with Crippen molar-refractivity contribution in [1.29, 1.82) is 0 Å². The van der Waals surface area contributed by atoms with E-state index in [-0.39, 0.29) is 12.1 Å². The van der Waals surface area contributed by atoms with Gasteiger partial charge in [-0.2, -0.15) is 0 Å². The number of sulfonamides is 1. The Kier molecular flexibility index (Phi) is 6.05. The molecule has 0 bridgehead atoms. The average Bonchev–Trinajstić information content (AvgIpc) is 2.50. The fourth-order valence-corrected chi connectivity index (χ4v) is 4.02. The summed E-state index contributed by atoms with van der Waals surface area (Å²) in [4.78, 5) is 12.0. The minimum absolute atomic E-state index is 0.0101. The third-order valence-corrected chi connectivity index (χ3v) is 6.65. The molecule has 1 saturated heterocycles. The maximum Gasteiger partial charge on any atom is 0.319 e. The van der Waals surface area contributed by atoms with Crippen molar-refractivity contribution in [3.63, 3.8) is 0 Å². The van der Waals surface area contributed by atoms with Gasteiger partial charge in [-0.05, 0) is 51.0 Å². The number of nitrogens with one attached hydrogen (secondary N) is 2. The molecular formula is C15H22BrN3O3S. The van der Waals surface area contributed by atoms with E-state index in [2.05, 4.69) is 26.6 Å². The van der Waals surface area contributed by atoms with Crippen LogP contribution in [0.15, 0.2) is 28.7 Å². The van der Waals surface area contributed by atoms with Crippen LogP contribution in [0.4, 0.5) is 10.5 Å². The van der Waals surface area contributed by atoms with Gasteiger partial charge in [-0.1, -0.05) is 15.9 Å². The van der Waals surface area contributed by atoms with Crippen molar-refractivity contribution in [2.45, 2.75) is 38.0 Å². The van der Waals surface area contributed by atoms with Gasteiger partial charge in [0, 0.05) is 29.3 Å². The van der Waals surface area contributed by atoms with Crippen LogP contribution < -0.4 is 10.6 Å². The Bertz CT molecular complexity index is 638. The van der Waals surface area contributed by atoms with Crippen molar-refractivity contribution in [1.82, 2.24) is 9.62 Å². The van der Waals surface area contributed by atoms with Crippen LogP contribution in [0, 0.1) is 0 Å². The first-order valence-corrected chi connectivity index (χ1v) is 9.90. The highest BCUT2D eigenvalue weighted by molar-refractivity contribution is 9.10. The summed E-state index contributed by atoms with van der Waals surface area (Å²) in [7, 11) is -3.20. The summed E-state index contributed by atoms with van der Waals surface area (Å²) in [6.45, 7) is 4.27. The summed E-state index contributed by atoms with van der Waals surface area (Å²) >= 11 is 3.34. The van der Waals surface area contributed by atoms with Crippen molar-refractivity contribution in [2.75, 3.05) is 18.4 Å². The minimum Gasteiger partial charge on any atom is -0.335 e. The van der Waals surface area contributed by atoms with E-state index in [9.17, 15) is 13.2 Å². The van der Waals surface area contributed by atoms with Crippen LogP contribution in [0.5, 0.6) is 0 Å². The molecule has 0 unspecified atom stereocenters. The smallest absolute Gasteiger partial charge is 0.319 e. The summed E-state index contributed by atoms with van der Waals surface area (Å²) < 4.78 is 26.7. The maximum absolute atomic E-state index is 12.1. The van der Waals surface area contributed by atoms with Crippen molar-refractivity contribution < 1.29 is 13.2 Å². The van der Waals surface area contributed by atoms with Crippen LogP contribution in [0.1, 0.15) is 26.7 Å². The molecule has 0 saturated carbocycles. The Morgan fingerprint density at radius 2 is 1.78 bits per heavy atom. The summed E-state index contributed by atoms with van der Waals surface area (Å²) in [6.07, 6.45) is 1.25. The van der Waals surface area contributed by atoms with Gasteiger partial charge in [-0.25, -0.2) is 17.5 Å². The molecule has 8 heteroatoms. The zero-order valence-corrected chi connectivity index (χ0v) is 15.7.